The summed E-state index contributed by atoms with van der Waals surface area (Å²) in [7, 11) is 0. The van der Waals surface area contributed by atoms with Gasteiger partial charge in [-0.3, -0.25) is 4.79 Å². The summed E-state index contributed by atoms with van der Waals surface area (Å²) >= 11 is 0. The van der Waals surface area contributed by atoms with Crippen molar-refractivity contribution in [3.8, 4) is 11.3 Å². The molecule has 0 spiro atoms. The molecule has 0 aliphatic carbocycles. The minimum absolute atomic E-state index is 0.147. The molecule has 24 heavy (non-hydrogen) atoms. The molecule has 0 aliphatic heterocycles. The Morgan fingerprint density at radius 2 is 1.79 bits per heavy atom. The van der Waals surface area contributed by atoms with Crippen LogP contribution < -0.4 is 5.32 Å². The summed E-state index contributed by atoms with van der Waals surface area (Å²) in [5.74, 6) is -2.53. The highest BCUT2D eigenvalue weighted by Gasteiger charge is 2.14. The molecule has 0 unspecified atom stereocenters. The molecule has 1 N–H and O–H groups in total. The van der Waals surface area contributed by atoms with Crippen LogP contribution in [-0.2, 0) is 0 Å². The normalized spacial score (nSPS) is 10.5. The topological polar surface area (TPSA) is 67.8 Å². The lowest BCUT2D eigenvalue weighted by Gasteiger charge is -2.09. The highest BCUT2D eigenvalue weighted by atomic mass is 19.2. The van der Waals surface area contributed by atoms with Crippen LogP contribution in [0.2, 0.25) is 0 Å². The number of rotatable bonds is 3. The number of aromatic nitrogens is 3. The number of carbonyl (C=O) groups is 1. The Kier molecular flexibility index (Phi) is 4.24. The number of benzene rings is 1. The fraction of sp³-hybridized carbons (Fsp3) is 0.0588. The van der Waals surface area contributed by atoms with E-state index in [0.29, 0.717) is 16.8 Å². The van der Waals surface area contributed by atoms with Gasteiger partial charge >= 0.3 is 0 Å². The molecule has 1 amide bonds. The SMILES string of the molecule is Cc1ccc(-c2cncnc2)nc1C(=O)Nc1ccc(F)c(F)c1. The molecule has 0 saturated carbocycles. The summed E-state index contributed by atoms with van der Waals surface area (Å²) in [6.07, 6.45) is 4.57. The van der Waals surface area contributed by atoms with Gasteiger partial charge in [0.1, 0.15) is 12.0 Å². The van der Waals surface area contributed by atoms with Gasteiger partial charge in [0.2, 0.25) is 0 Å². The van der Waals surface area contributed by atoms with E-state index in [1.165, 1.54) is 12.4 Å². The Bertz CT molecular complexity index is 900. The lowest BCUT2D eigenvalue weighted by atomic mass is 10.1. The average Bonchev–Trinajstić information content (AvgIpc) is 2.59. The molecule has 0 atom stereocenters. The zero-order chi connectivity index (χ0) is 17.1. The maximum Gasteiger partial charge on any atom is 0.274 e. The standard InChI is InChI=1S/C17H12F2N4O/c1-10-2-5-15(11-7-20-9-21-8-11)23-16(10)17(24)22-12-3-4-13(18)14(19)6-12/h2-9H,1H3,(H,22,24). The molecule has 7 heteroatoms. The van der Waals surface area contributed by atoms with Crippen molar-refractivity contribution in [1.82, 2.24) is 15.0 Å². The summed E-state index contributed by atoms with van der Waals surface area (Å²) in [6, 6.07) is 6.64. The summed E-state index contributed by atoms with van der Waals surface area (Å²) in [5, 5.41) is 2.51. The van der Waals surface area contributed by atoms with Gasteiger partial charge < -0.3 is 5.32 Å². The van der Waals surface area contributed by atoms with Crippen molar-refractivity contribution in [1.29, 1.82) is 0 Å². The smallest absolute Gasteiger partial charge is 0.274 e. The number of pyridine rings is 1. The van der Waals surface area contributed by atoms with Crippen molar-refractivity contribution in [2.75, 3.05) is 5.32 Å². The van der Waals surface area contributed by atoms with E-state index in [1.54, 1.807) is 31.5 Å². The van der Waals surface area contributed by atoms with Crippen LogP contribution in [0.25, 0.3) is 11.3 Å². The van der Waals surface area contributed by atoms with Gasteiger partial charge in [0.05, 0.1) is 5.69 Å². The minimum atomic E-state index is -1.03. The predicted octanol–water partition coefficient (Wildman–Crippen LogP) is 3.38. The molecule has 1 aromatic carbocycles. The van der Waals surface area contributed by atoms with Crippen LogP contribution in [0.1, 0.15) is 16.1 Å². The van der Waals surface area contributed by atoms with E-state index in [4.69, 9.17) is 0 Å². The number of aryl methyl sites for hydroxylation is 1. The molecule has 120 valence electrons. The van der Waals surface area contributed by atoms with E-state index < -0.39 is 17.5 Å². The van der Waals surface area contributed by atoms with Gasteiger partial charge in [-0.25, -0.2) is 23.7 Å². The van der Waals surface area contributed by atoms with Gasteiger partial charge in [0.15, 0.2) is 11.6 Å². The van der Waals surface area contributed by atoms with Crippen LogP contribution in [0.5, 0.6) is 0 Å². The van der Waals surface area contributed by atoms with Gasteiger partial charge in [-0.2, -0.15) is 0 Å². The van der Waals surface area contributed by atoms with E-state index >= 15 is 0 Å². The van der Waals surface area contributed by atoms with E-state index in [9.17, 15) is 13.6 Å². The summed E-state index contributed by atoms with van der Waals surface area (Å²) in [6.45, 7) is 1.73. The third-order valence-electron chi connectivity index (χ3n) is 3.35. The average molecular weight is 326 g/mol. The largest absolute Gasteiger partial charge is 0.321 e. The van der Waals surface area contributed by atoms with Gasteiger partial charge in [0, 0.05) is 29.7 Å². The molecule has 2 aromatic heterocycles. The second kappa shape index (κ2) is 6.49. The zero-order valence-corrected chi connectivity index (χ0v) is 12.6. The fourth-order valence-electron chi connectivity index (χ4n) is 2.11. The molecule has 5 nitrogen and oxygen atoms in total. The van der Waals surface area contributed by atoms with E-state index in [0.717, 1.165) is 12.1 Å². The second-order valence-corrected chi connectivity index (χ2v) is 5.07. The Balaban J connectivity index is 1.90. The van der Waals surface area contributed by atoms with Crippen LogP contribution in [0.3, 0.4) is 0 Å². The van der Waals surface area contributed by atoms with Gasteiger partial charge in [0.25, 0.3) is 5.91 Å². The van der Waals surface area contributed by atoms with Gasteiger partial charge in [-0.15, -0.1) is 0 Å². The van der Waals surface area contributed by atoms with E-state index in [1.807, 2.05) is 0 Å². The minimum Gasteiger partial charge on any atom is -0.321 e. The molecule has 0 bridgehead atoms. The number of hydrogen-bond donors (Lipinski definition) is 1. The summed E-state index contributed by atoms with van der Waals surface area (Å²) < 4.78 is 26.2. The number of amides is 1. The second-order valence-electron chi connectivity index (χ2n) is 5.07. The molecule has 0 aliphatic rings. The lowest BCUT2D eigenvalue weighted by molar-refractivity contribution is 0.102. The monoisotopic (exact) mass is 326 g/mol. The first-order valence-corrected chi connectivity index (χ1v) is 7.04. The first-order valence-electron chi connectivity index (χ1n) is 7.04. The first-order chi connectivity index (χ1) is 11.5. The van der Waals surface area contributed by atoms with E-state index in [2.05, 4.69) is 20.3 Å². The Labute approximate surface area is 136 Å². The Morgan fingerprint density at radius 3 is 2.50 bits per heavy atom. The van der Waals surface area contributed by atoms with Crippen molar-refractivity contribution in [3.63, 3.8) is 0 Å². The molecule has 3 aromatic rings. The van der Waals surface area contributed by atoms with E-state index in [-0.39, 0.29) is 11.4 Å². The maximum absolute atomic E-state index is 13.2. The third kappa shape index (κ3) is 3.24. The quantitative estimate of drug-likeness (QED) is 0.801. The van der Waals surface area contributed by atoms with Crippen LogP contribution in [0.4, 0.5) is 14.5 Å². The number of anilines is 1. The molecular weight excluding hydrogens is 314 g/mol. The van der Waals surface area contributed by atoms with Crippen molar-refractivity contribution in [2.45, 2.75) is 6.92 Å². The Morgan fingerprint density at radius 1 is 1.04 bits per heavy atom. The number of halogens is 2. The maximum atomic E-state index is 13.2. The highest BCUT2D eigenvalue weighted by molar-refractivity contribution is 6.04. The van der Waals surface area contributed by atoms with Gasteiger partial charge in [-0.05, 0) is 30.7 Å². The fourth-order valence-corrected chi connectivity index (χ4v) is 2.11. The van der Waals surface area contributed by atoms with Crippen LogP contribution >= 0.6 is 0 Å². The molecule has 3 rings (SSSR count). The van der Waals surface area contributed by atoms with Crippen LogP contribution in [0, 0.1) is 18.6 Å². The molecule has 0 radical (unpaired) electrons. The summed E-state index contributed by atoms with van der Waals surface area (Å²) in [4.78, 5) is 24.5. The van der Waals surface area contributed by atoms with Crippen molar-refractivity contribution in [3.05, 3.63) is 71.9 Å². The Hall–Kier alpha value is -3.22. The zero-order valence-electron chi connectivity index (χ0n) is 12.6. The lowest BCUT2D eigenvalue weighted by Crippen LogP contribution is -2.16. The highest BCUT2D eigenvalue weighted by Crippen LogP contribution is 2.19. The van der Waals surface area contributed by atoms with Crippen molar-refractivity contribution < 1.29 is 13.6 Å². The van der Waals surface area contributed by atoms with Crippen LogP contribution in [0.15, 0.2) is 49.1 Å². The predicted molar refractivity (Wildman–Crippen MR) is 84.3 cm³/mol. The summed E-state index contributed by atoms with van der Waals surface area (Å²) in [5.41, 5.74) is 2.18. The number of hydrogen-bond acceptors (Lipinski definition) is 4. The first kappa shape index (κ1) is 15.7. The van der Waals surface area contributed by atoms with Crippen molar-refractivity contribution >= 4 is 11.6 Å². The molecule has 2 heterocycles. The third-order valence-corrected chi connectivity index (χ3v) is 3.35. The number of carbonyl (C=O) groups excluding carboxylic acids is 1. The number of nitrogens with one attached hydrogen (secondary N) is 1. The van der Waals surface area contributed by atoms with Crippen molar-refractivity contribution in [2.24, 2.45) is 0 Å². The molecular formula is C17H12F2N4O. The molecule has 0 fully saturated rings. The van der Waals surface area contributed by atoms with Gasteiger partial charge in [-0.1, -0.05) is 6.07 Å². The number of nitrogens with zero attached hydrogens (tertiary/aromatic N) is 3. The molecule has 0 saturated heterocycles. The van der Waals surface area contributed by atoms with Crippen LogP contribution in [-0.4, -0.2) is 20.9 Å².